The number of carbonyl (C=O) groups excluding carboxylic acids is 4. The first-order chi connectivity index (χ1) is 46.4. The molecule has 0 radical (unpaired) electrons. The van der Waals surface area contributed by atoms with Crippen LogP contribution in [0.3, 0.4) is 0 Å². The van der Waals surface area contributed by atoms with E-state index < -0.39 is 97.5 Å². The Kier molecular flexibility index (Phi) is 67.4. The predicted octanol–water partition coefficient (Wildman–Crippen LogP) is 22.7. The molecule has 17 nitrogen and oxygen atoms in total. The van der Waals surface area contributed by atoms with E-state index >= 15 is 0 Å². The van der Waals surface area contributed by atoms with Gasteiger partial charge in [0.1, 0.15) is 19.3 Å². The van der Waals surface area contributed by atoms with E-state index in [0.717, 1.165) is 115 Å². The fraction of sp³-hybridized carbons (Fsp3) is 0.948. The van der Waals surface area contributed by atoms with E-state index in [-0.39, 0.29) is 25.7 Å². The fourth-order valence-corrected chi connectivity index (χ4v) is 13.4. The molecule has 0 aromatic carbocycles. The van der Waals surface area contributed by atoms with Gasteiger partial charge in [0.25, 0.3) is 0 Å². The van der Waals surface area contributed by atoms with Crippen LogP contribution in [0.25, 0.3) is 0 Å². The molecule has 0 spiro atoms. The molecular formula is C77H150O17P2. The lowest BCUT2D eigenvalue weighted by atomic mass is 10.0. The van der Waals surface area contributed by atoms with Crippen molar-refractivity contribution in [2.45, 2.75) is 419 Å². The quantitative estimate of drug-likeness (QED) is 0.0222. The van der Waals surface area contributed by atoms with Crippen LogP contribution in [0.5, 0.6) is 0 Å². The van der Waals surface area contributed by atoms with Crippen molar-refractivity contribution in [3.63, 3.8) is 0 Å². The van der Waals surface area contributed by atoms with Gasteiger partial charge in [0.15, 0.2) is 12.2 Å². The van der Waals surface area contributed by atoms with Crippen molar-refractivity contribution in [2.75, 3.05) is 39.6 Å². The SMILES string of the molecule is CCCCCCCCCCCCCCCCCCCC(=O)OC[C@H](COP(=O)(O)OC[C@@H](O)COP(=O)(O)OC[C@@H](COC(=O)CCCCCCCCC)OC(=O)CCCCCCCCCCCCCC(C)C)OC(=O)CCCCCCCCCCCCCCCCCC(C)C. The maximum atomic E-state index is 13.1. The smallest absolute Gasteiger partial charge is 0.462 e. The number of rotatable bonds is 76. The zero-order valence-corrected chi connectivity index (χ0v) is 64.5. The number of aliphatic hydroxyl groups excluding tert-OH is 1. The lowest BCUT2D eigenvalue weighted by molar-refractivity contribution is -0.161. The molecule has 0 rings (SSSR count). The highest BCUT2D eigenvalue weighted by Crippen LogP contribution is 2.45. The molecule has 0 aliphatic rings. The minimum absolute atomic E-state index is 0.106. The van der Waals surface area contributed by atoms with Gasteiger partial charge in [-0.2, -0.15) is 0 Å². The third-order valence-corrected chi connectivity index (χ3v) is 19.9. The fourth-order valence-electron chi connectivity index (χ4n) is 11.8. The third-order valence-electron chi connectivity index (χ3n) is 18.0. The average Bonchev–Trinajstić information content (AvgIpc) is 1.38. The summed E-state index contributed by atoms with van der Waals surface area (Å²) >= 11 is 0. The van der Waals surface area contributed by atoms with Crippen LogP contribution in [0.1, 0.15) is 401 Å². The summed E-state index contributed by atoms with van der Waals surface area (Å²) in [5.74, 6) is -0.550. The Labute approximate surface area is 588 Å². The third kappa shape index (κ3) is 70.5. The number of phosphoric acid groups is 2. The van der Waals surface area contributed by atoms with Gasteiger partial charge in [0, 0.05) is 25.7 Å². The van der Waals surface area contributed by atoms with Crippen molar-refractivity contribution in [3.8, 4) is 0 Å². The molecule has 96 heavy (non-hydrogen) atoms. The average molecular weight is 1410 g/mol. The number of hydrogen-bond acceptors (Lipinski definition) is 15. The monoisotopic (exact) mass is 1410 g/mol. The standard InChI is InChI=1S/C77H150O17P2/c1-7-9-11-13-15-16-17-18-19-20-23-26-31-36-42-48-54-60-75(80)88-66-73(94-76(81)61-55-49-43-37-32-27-24-21-22-25-29-34-40-45-51-57-69(3)4)68-92-96(85,86)90-64-71(78)63-89-95(83,84)91-67-72(65-87-74(79)59-53-47-39-14-12-10-8-2)93-77(82)62-56-50-44-38-33-28-30-35-41-46-52-58-70(5)6/h69-73,78H,7-68H2,1-6H3,(H,83,84)(H,85,86)/t71-,72+,73+/m0/s1. The molecule has 0 aromatic rings. The van der Waals surface area contributed by atoms with E-state index in [1.807, 2.05) is 0 Å². The van der Waals surface area contributed by atoms with Crippen LogP contribution in [-0.2, 0) is 65.4 Å². The van der Waals surface area contributed by atoms with Crippen LogP contribution in [0, 0.1) is 11.8 Å². The molecule has 0 bridgehead atoms. The number of unbranched alkanes of at least 4 members (excludes halogenated alkanes) is 46. The molecule has 0 heterocycles. The summed E-state index contributed by atoms with van der Waals surface area (Å²) in [6.07, 6.45) is 57.0. The molecule has 0 aromatic heterocycles. The van der Waals surface area contributed by atoms with Gasteiger partial charge in [0.05, 0.1) is 26.4 Å². The second-order valence-electron chi connectivity index (χ2n) is 28.7. The van der Waals surface area contributed by atoms with Gasteiger partial charge in [0.2, 0.25) is 0 Å². The lowest BCUT2D eigenvalue weighted by Crippen LogP contribution is -2.30. The maximum absolute atomic E-state index is 13.1. The van der Waals surface area contributed by atoms with Crippen molar-refractivity contribution >= 4 is 39.5 Å². The van der Waals surface area contributed by atoms with Crippen LogP contribution in [0.15, 0.2) is 0 Å². The van der Waals surface area contributed by atoms with Gasteiger partial charge < -0.3 is 33.8 Å². The molecule has 0 amide bonds. The number of carbonyl (C=O) groups is 4. The zero-order valence-electron chi connectivity index (χ0n) is 62.7. The van der Waals surface area contributed by atoms with Crippen molar-refractivity contribution in [1.29, 1.82) is 0 Å². The van der Waals surface area contributed by atoms with Crippen LogP contribution in [0.4, 0.5) is 0 Å². The van der Waals surface area contributed by atoms with E-state index in [9.17, 15) is 43.2 Å². The van der Waals surface area contributed by atoms with Crippen LogP contribution in [0.2, 0.25) is 0 Å². The van der Waals surface area contributed by atoms with Crippen LogP contribution >= 0.6 is 15.6 Å². The van der Waals surface area contributed by atoms with Crippen molar-refractivity contribution in [2.24, 2.45) is 11.8 Å². The molecule has 570 valence electrons. The normalized spacial score (nSPS) is 14.0. The molecule has 19 heteroatoms. The summed E-state index contributed by atoms with van der Waals surface area (Å²) in [6, 6.07) is 0. The van der Waals surface area contributed by atoms with Gasteiger partial charge in [-0.1, -0.05) is 350 Å². The highest BCUT2D eigenvalue weighted by Gasteiger charge is 2.30. The Balaban J connectivity index is 5.19. The largest absolute Gasteiger partial charge is 0.472 e. The van der Waals surface area contributed by atoms with Crippen molar-refractivity contribution < 1.29 is 80.2 Å². The summed E-state index contributed by atoms with van der Waals surface area (Å²) in [5, 5.41) is 10.6. The molecule has 5 atom stereocenters. The summed E-state index contributed by atoms with van der Waals surface area (Å²) in [5.41, 5.74) is 0. The topological polar surface area (TPSA) is 237 Å². The van der Waals surface area contributed by atoms with Gasteiger partial charge >= 0.3 is 39.5 Å². The highest BCUT2D eigenvalue weighted by atomic mass is 31.2. The molecule has 2 unspecified atom stereocenters. The van der Waals surface area contributed by atoms with Gasteiger partial charge in [-0.25, -0.2) is 9.13 Å². The number of phosphoric ester groups is 2. The van der Waals surface area contributed by atoms with Gasteiger partial charge in [-0.3, -0.25) is 37.3 Å². The Morgan fingerprint density at radius 1 is 0.281 bits per heavy atom. The first-order valence-corrected chi connectivity index (χ1v) is 43.0. The Hall–Kier alpha value is -1.94. The molecule has 0 saturated heterocycles. The minimum atomic E-state index is -4.96. The zero-order chi connectivity index (χ0) is 70.7. The van der Waals surface area contributed by atoms with E-state index in [0.29, 0.717) is 25.7 Å². The number of ether oxygens (including phenoxy) is 4. The summed E-state index contributed by atoms with van der Waals surface area (Å²) < 4.78 is 68.5. The van der Waals surface area contributed by atoms with Gasteiger partial charge in [-0.05, 0) is 37.5 Å². The molecule has 0 fully saturated rings. The second-order valence-corrected chi connectivity index (χ2v) is 31.6. The minimum Gasteiger partial charge on any atom is -0.462 e. The van der Waals surface area contributed by atoms with Crippen molar-refractivity contribution in [3.05, 3.63) is 0 Å². The lowest BCUT2D eigenvalue weighted by Gasteiger charge is -2.21. The van der Waals surface area contributed by atoms with Crippen LogP contribution in [-0.4, -0.2) is 96.7 Å². The van der Waals surface area contributed by atoms with E-state index in [1.165, 1.54) is 205 Å². The van der Waals surface area contributed by atoms with Crippen LogP contribution < -0.4 is 0 Å². The summed E-state index contributed by atoms with van der Waals surface area (Å²) in [4.78, 5) is 72.7. The number of esters is 4. The first-order valence-electron chi connectivity index (χ1n) is 40.0. The number of hydrogen-bond donors (Lipinski definition) is 3. The Morgan fingerprint density at radius 3 is 0.708 bits per heavy atom. The van der Waals surface area contributed by atoms with Gasteiger partial charge in [-0.15, -0.1) is 0 Å². The molecular weight excluding hydrogens is 1260 g/mol. The maximum Gasteiger partial charge on any atom is 0.472 e. The van der Waals surface area contributed by atoms with E-state index in [4.69, 9.17) is 37.0 Å². The Morgan fingerprint density at radius 2 is 0.479 bits per heavy atom. The molecule has 0 aliphatic carbocycles. The number of aliphatic hydroxyl groups is 1. The van der Waals surface area contributed by atoms with E-state index in [2.05, 4.69) is 41.5 Å². The summed E-state index contributed by atoms with van der Waals surface area (Å²) in [7, 11) is -9.91. The van der Waals surface area contributed by atoms with Crippen molar-refractivity contribution in [1.82, 2.24) is 0 Å². The summed E-state index contributed by atoms with van der Waals surface area (Å²) in [6.45, 7) is 9.59. The van der Waals surface area contributed by atoms with E-state index in [1.54, 1.807) is 0 Å². The Bertz CT molecular complexity index is 1860. The highest BCUT2D eigenvalue weighted by molar-refractivity contribution is 7.47. The first kappa shape index (κ1) is 94.1. The molecule has 0 saturated carbocycles. The molecule has 3 N–H and O–H groups in total. The molecule has 0 aliphatic heterocycles. The second kappa shape index (κ2) is 68.8. The predicted molar refractivity (Wildman–Crippen MR) is 391 cm³/mol.